The number of carbonyl (C=O) groups excluding carboxylic acids is 2. The molecule has 9 nitrogen and oxygen atoms in total. The number of carbonyl (C=O) groups is 2. The fraction of sp³-hybridized carbons (Fsp3) is 0.0385. The molecule has 2 amide bonds. The van der Waals surface area contributed by atoms with Crippen LogP contribution >= 0.6 is 27.3 Å². The van der Waals surface area contributed by atoms with E-state index in [1.54, 1.807) is 41.8 Å². The van der Waals surface area contributed by atoms with E-state index < -0.39 is 21.8 Å². The highest BCUT2D eigenvalue weighted by molar-refractivity contribution is 9.10. The summed E-state index contributed by atoms with van der Waals surface area (Å²) in [6, 6.07) is 19.4. The van der Waals surface area contributed by atoms with E-state index in [9.17, 15) is 18.0 Å². The van der Waals surface area contributed by atoms with Crippen LogP contribution in [0.15, 0.2) is 99.4 Å². The number of methoxy groups -OCH3 is 1. The van der Waals surface area contributed by atoms with E-state index in [0.717, 1.165) is 15.8 Å². The first-order valence-electron chi connectivity index (χ1n) is 11.0. The number of benzene rings is 3. The normalized spacial score (nSPS) is 11.5. The van der Waals surface area contributed by atoms with Crippen molar-refractivity contribution in [2.75, 3.05) is 17.1 Å². The Bertz CT molecular complexity index is 1570. The maximum Gasteiger partial charge on any atom is 0.272 e. The number of thiazole rings is 1. The third-order valence-electron chi connectivity index (χ3n) is 5.10. The Morgan fingerprint density at radius 1 is 1.00 bits per heavy atom. The Morgan fingerprint density at radius 2 is 1.71 bits per heavy atom. The third kappa shape index (κ3) is 6.85. The van der Waals surface area contributed by atoms with Crippen LogP contribution < -0.4 is 20.1 Å². The lowest BCUT2D eigenvalue weighted by Gasteiger charge is -2.13. The number of nitrogens with one attached hydrogen (secondary N) is 3. The van der Waals surface area contributed by atoms with E-state index in [-0.39, 0.29) is 21.3 Å². The molecule has 0 radical (unpaired) electrons. The highest BCUT2D eigenvalue weighted by atomic mass is 79.9. The maximum atomic E-state index is 13.2. The Hall–Kier alpha value is -4.00. The molecule has 38 heavy (non-hydrogen) atoms. The number of nitrogens with zero attached hydrogens (tertiary/aromatic N) is 1. The van der Waals surface area contributed by atoms with Crippen molar-refractivity contribution in [2.24, 2.45) is 0 Å². The summed E-state index contributed by atoms with van der Waals surface area (Å²) in [7, 11) is -2.39. The highest BCUT2D eigenvalue weighted by Gasteiger charge is 2.19. The molecule has 1 aromatic heterocycles. The van der Waals surface area contributed by atoms with Gasteiger partial charge in [-0.2, -0.15) is 0 Å². The molecule has 0 unspecified atom stereocenters. The van der Waals surface area contributed by atoms with Gasteiger partial charge in [0.2, 0.25) is 0 Å². The number of rotatable bonds is 9. The van der Waals surface area contributed by atoms with Crippen molar-refractivity contribution in [2.45, 2.75) is 4.90 Å². The molecule has 0 aliphatic rings. The largest absolute Gasteiger partial charge is 0.496 e. The summed E-state index contributed by atoms with van der Waals surface area (Å²) >= 11 is 4.53. The summed E-state index contributed by atoms with van der Waals surface area (Å²) in [6.07, 6.45) is 3.03. The quantitative estimate of drug-likeness (QED) is 0.225. The van der Waals surface area contributed by atoms with Crippen LogP contribution in [0.2, 0.25) is 0 Å². The molecule has 3 N–H and O–H groups in total. The molecular formula is C26H21BrN4O5S2. The van der Waals surface area contributed by atoms with E-state index in [1.165, 1.54) is 43.6 Å². The number of ether oxygens (including phenoxy) is 1. The van der Waals surface area contributed by atoms with E-state index >= 15 is 0 Å². The van der Waals surface area contributed by atoms with Gasteiger partial charge in [0, 0.05) is 21.7 Å². The second-order valence-corrected chi connectivity index (χ2v) is 11.2. The number of para-hydroxylation sites is 1. The number of anilines is 2. The number of amides is 2. The topological polar surface area (TPSA) is 126 Å². The molecule has 0 fully saturated rings. The molecule has 0 spiro atoms. The molecule has 0 aliphatic heterocycles. The van der Waals surface area contributed by atoms with Gasteiger partial charge in [0.1, 0.15) is 11.4 Å². The lowest BCUT2D eigenvalue weighted by atomic mass is 10.1. The first-order valence-corrected chi connectivity index (χ1v) is 14.2. The van der Waals surface area contributed by atoms with Gasteiger partial charge in [0.25, 0.3) is 21.8 Å². The van der Waals surface area contributed by atoms with Gasteiger partial charge < -0.3 is 15.4 Å². The SMILES string of the molecule is COc1ccccc1C(=O)N/C(=C/c1ccc(Br)cc1)C(=O)Nc1ccc(S(=O)(=O)Nc2nccs2)cc1. The zero-order valence-electron chi connectivity index (χ0n) is 19.8. The lowest BCUT2D eigenvalue weighted by Crippen LogP contribution is -2.31. The van der Waals surface area contributed by atoms with Crippen LogP contribution in [0.1, 0.15) is 15.9 Å². The van der Waals surface area contributed by atoms with E-state index in [2.05, 4.69) is 36.3 Å². The van der Waals surface area contributed by atoms with Crippen LogP contribution in [0.5, 0.6) is 5.75 Å². The first-order chi connectivity index (χ1) is 18.2. The molecule has 0 atom stereocenters. The zero-order valence-corrected chi connectivity index (χ0v) is 23.1. The van der Waals surface area contributed by atoms with Crippen molar-refractivity contribution in [3.05, 3.63) is 106 Å². The van der Waals surface area contributed by atoms with Gasteiger partial charge in [0.05, 0.1) is 17.6 Å². The Labute approximate surface area is 231 Å². The number of hydrogen-bond donors (Lipinski definition) is 3. The Balaban J connectivity index is 1.56. The minimum atomic E-state index is -3.84. The molecule has 0 saturated carbocycles. The standard InChI is InChI=1S/C26H21BrN4O5S2/c1-36-23-5-3-2-4-21(23)24(32)30-22(16-17-6-8-18(27)9-7-17)25(33)29-19-10-12-20(13-11-19)38(34,35)31-26-28-14-15-37-26/h2-16H,1H3,(H,28,31)(H,29,33)(H,30,32)/b22-16+. The monoisotopic (exact) mass is 612 g/mol. The van der Waals surface area contributed by atoms with Gasteiger partial charge in [0.15, 0.2) is 5.13 Å². The molecule has 0 aliphatic carbocycles. The number of halogens is 1. The predicted octanol–water partition coefficient (Wildman–Crippen LogP) is 5.12. The van der Waals surface area contributed by atoms with Crippen molar-refractivity contribution < 1.29 is 22.7 Å². The van der Waals surface area contributed by atoms with Crippen molar-refractivity contribution in [3.63, 3.8) is 0 Å². The van der Waals surface area contributed by atoms with Crippen molar-refractivity contribution in [1.82, 2.24) is 10.3 Å². The molecule has 194 valence electrons. The van der Waals surface area contributed by atoms with Gasteiger partial charge >= 0.3 is 0 Å². The second-order valence-electron chi connectivity index (χ2n) is 7.69. The smallest absolute Gasteiger partial charge is 0.272 e. The molecular weight excluding hydrogens is 592 g/mol. The van der Waals surface area contributed by atoms with E-state index in [1.807, 2.05) is 12.1 Å². The first kappa shape index (κ1) is 27.0. The molecule has 3 aromatic carbocycles. The Morgan fingerprint density at radius 3 is 2.37 bits per heavy atom. The van der Waals surface area contributed by atoms with Gasteiger partial charge in [-0.3, -0.25) is 14.3 Å². The molecule has 4 rings (SSSR count). The highest BCUT2D eigenvalue weighted by Crippen LogP contribution is 2.21. The number of hydrogen-bond acceptors (Lipinski definition) is 7. The Kier molecular flexibility index (Phi) is 8.56. The van der Waals surface area contributed by atoms with Gasteiger partial charge in [-0.15, -0.1) is 11.3 Å². The summed E-state index contributed by atoms with van der Waals surface area (Å²) in [6.45, 7) is 0. The fourth-order valence-electron chi connectivity index (χ4n) is 3.27. The van der Waals surface area contributed by atoms with E-state index in [0.29, 0.717) is 17.0 Å². The van der Waals surface area contributed by atoms with Crippen LogP contribution in [0.4, 0.5) is 10.8 Å². The summed E-state index contributed by atoms with van der Waals surface area (Å²) in [5, 5.41) is 7.26. The minimum absolute atomic E-state index is 0.000743. The molecule has 12 heteroatoms. The van der Waals surface area contributed by atoms with Crippen LogP contribution in [0.3, 0.4) is 0 Å². The molecule has 0 saturated heterocycles. The van der Waals surface area contributed by atoms with Crippen LogP contribution in [-0.4, -0.2) is 32.3 Å². The zero-order chi connectivity index (χ0) is 27.1. The predicted molar refractivity (Wildman–Crippen MR) is 151 cm³/mol. The van der Waals surface area contributed by atoms with Gasteiger partial charge in [-0.1, -0.05) is 40.2 Å². The molecule has 4 aromatic rings. The average molecular weight is 614 g/mol. The molecule has 0 bridgehead atoms. The minimum Gasteiger partial charge on any atom is -0.496 e. The fourth-order valence-corrected chi connectivity index (χ4v) is 5.32. The summed E-state index contributed by atoms with van der Waals surface area (Å²) < 4.78 is 33.7. The number of sulfonamides is 1. The van der Waals surface area contributed by atoms with Gasteiger partial charge in [-0.25, -0.2) is 13.4 Å². The maximum absolute atomic E-state index is 13.2. The average Bonchev–Trinajstić information content (AvgIpc) is 3.42. The molecule has 1 heterocycles. The summed E-state index contributed by atoms with van der Waals surface area (Å²) in [5.41, 5.74) is 1.24. The lowest BCUT2D eigenvalue weighted by molar-refractivity contribution is -0.113. The summed E-state index contributed by atoms with van der Waals surface area (Å²) in [5.74, 6) is -0.778. The van der Waals surface area contributed by atoms with E-state index in [4.69, 9.17) is 4.74 Å². The van der Waals surface area contributed by atoms with Crippen LogP contribution in [-0.2, 0) is 14.8 Å². The summed E-state index contributed by atoms with van der Waals surface area (Å²) in [4.78, 5) is 30.2. The second kappa shape index (κ2) is 12.0. The third-order valence-corrected chi connectivity index (χ3v) is 7.80. The number of aromatic nitrogens is 1. The van der Waals surface area contributed by atoms with Crippen molar-refractivity contribution in [3.8, 4) is 5.75 Å². The van der Waals surface area contributed by atoms with Crippen LogP contribution in [0, 0.1) is 0 Å². The van der Waals surface area contributed by atoms with Crippen molar-refractivity contribution in [1.29, 1.82) is 0 Å². The van der Waals surface area contributed by atoms with Gasteiger partial charge in [-0.05, 0) is 60.2 Å². The van der Waals surface area contributed by atoms with Crippen molar-refractivity contribution >= 4 is 66.0 Å². The van der Waals surface area contributed by atoms with Crippen LogP contribution in [0.25, 0.3) is 6.08 Å².